The number of thiazole rings is 1. The van der Waals surface area contributed by atoms with Crippen LogP contribution in [0.4, 0.5) is 5.13 Å². The Morgan fingerprint density at radius 2 is 1.97 bits per heavy atom. The quantitative estimate of drug-likeness (QED) is 0.355. The van der Waals surface area contributed by atoms with Gasteiger partial charge in [0, 0.05) is 17.0 Å². The molecule has 5 rings (SSSR count). The van der Waals surface area contributed by atoms with Gasteiger partial charge in [0.15, 0.2) is 28.0 Å². The number of amides is 1. The molecule has 172 valence electrons. The Bertz CT molecular complexity index is 1420. The molecular formula is C26H22N2O5S. The molecule has 1 N–H and O–H groups in total. The number of Topliss-reactive ketones (excluding diaryl/α,β-unsaturated/α-hetero) is 1. The molecule has 1 aliphatic heterocycles. The van der Waals surface area contributed by atoms with E-state index in [1.54, 1.807) is 35.8 Å². The number of aliphatic hydroxyl groups is 1. The van der Waals surface area contributed by atoms with Gasteiger partial charge in [0.05, 0.1) is 18.7 Å². The minimum absolute atomic E-state index is 0.0126. The summed E-state index contributed by atoms with van der Waals surface area (Å²) in [5.41, 5.74) is 2.19. The fraction of sp³-hybridized carbons (Fsp3) is 0.192. The van der Waals surface area contributed by atoms with Gasteiger partial charge in [-0.05, 0) is 29.2 Å². The van der Waals surface area contributed by atoms with Crippen LogP contribution in [0.5, 0.6) is 5.75 Å². The number of carbonyl (C=O) groups is 2. The van der Waals surface area contributed by atoms with E-state index < -0.39 is 23.5 Å². The zero-order valence-electron chi connectivity index (χ0n) is 18.8. The van der Waals surface area contributed by atoms with Crippen LogP contribution in [-0.4, -0.2) is 28.9 Å². The Morgan fingerprint density at radius 1 is 1.21 bits per heavy atom. The Labute approximate surface area is 199 Å². The number of hydrogen-bond donors (Lipinski definition) is 1. The van der Waals surface area contributed by atoms with E-state index in [0.29, 0.717) is 33.3 Å². The van der Waals surface area contributed by atoms with Gasteiger partial charge in [-0.25, -0.2) is 4.98 Å². The fourth-order valence-corrected chi connectivity index (χ4v) is 4.86. The van der Waals surface area contributed by atoms with E-state index in [4.69, 9.17) is 9.15 Å². The monoisotopic (exact) mass is 474 g/mol. The molecule has 3 heterocycles. The standard InChI is InChI=1S/C26H22N2O5S/c1-14(2)15-7-9-16(10-8-15)21-20(23(30)25(31)28(21)26-27-11-12-34-26)22(29)19-13-17-5-4-6-18(32-3)24(17)33-19/h4-14,21,30H,1-3H3. The fourth-order valence-electron chi connectivity index (χ4n) is 4.19. The minimum atomic E-state index is -0.845. The van der Waals surface area contributed by atoms with Crippen LogP contribution in [0.15, 0.2) is 75.9 Å². The Morgan fingerprint density at radius 3 is 2.62 bits per heavy atom. The number of ether oxygens (including phenoxy) is 1. The number of nitrogens with zero attached hydrogens (tertiary/aromatic N) is 2. The van der Waals surface area contributed by atoms with Crippen molar-refractivity contribution >= 4 is 39.1 Å². The van der Waals surface area contributed by atoms with Crippen LogP contribution >= 0.6 is 11.3 Å². The van der Waals surface area contributed by atoms with E-state index in [1.807, 2.05) is 24.3 Å². The Kier molecular flexibility index (Phi) is 5.45. The van der Waals surface area contributed by atoms with E-state index in [1.165, 1.54) is 23.3 Å². The maximum Gasteiger partial charge on any atom is 0.296 e. The lowest BCUT2D eigenvalue weighted by molar-refractivity contribution is -0.117. The highest BCUT2D eigenvalue weighted by molar-refractivity contribution is 7.13. The lowest BCUT2D eigenvalue weighted by atomic mass is 9.93. The second-order valence-electron chi connectivity index (χ2n) is 8.29. The van der Waals surface area contributed by atoms with E-state index in [0.717, 1.165) is 5.56 Å². The number of hydrogen-bond acceptors (Lipinski definition) is 7. The third-order valence-electron chi connectivity index (χ3n) is 5.95. The second kappa shape index (κ2) is 8.46. The summed E-state index contributed by atoms with van der Waals surface area (Å²) in [6, 6.07) is 13.8. The molecule has 0 bridgehead atoms. The maximum absolute atomic E-state index is 13.7. The van der Waals surface area contributed by atoms with Gasteiger partial charge in [-0.15, -0.1) is 11.3 Å². The van der Waals surface area contributed by atoms with E-state index in [9.17, 15) is 14.7 Å². The predicted molar refractivity (Wildman–Crippen MR) is 130 cm³/mol. The molecule has 34 heavy (non-hydrogen) atoms. The van der Waals surface area contributed by atoms with E-state index in [-0.39, 0.29) is 11.3 Å². The number of fused-ring (bicyclic) bond motifs is 1. The molecular weight excluding hydrogens is 452 g/mol. The number of aliphatic hydroxyl groups excluding tert-OH is 1. The van der Waals surface area contributed by atoms with Gasteiger partial charge in [0.2, 0.25) is 5.78 Å². The molecule has 1 amide bonds. The number of methoxy groups -OCH3 is 1. The van der Waals surface area contributed by atoms with Gasteiger partial charge in [-0.1, -0.05) is 50.2 Å². The number of carbonyl (C=O) groups excluding carboxylic acids is 2. The third-order valence-corrected chi connectivity index (χ3v) is 6.72. The number of furan rings is 1. The van der Waals surface area contributed by atoms with E-state index in [2.05, 4.69) is 18.8 Å². The first-order valence-electron chi connectivity index (χ1n) is 10.8. The summed E-state index contributed by atoms with van der Waals surface area (Å²) in [4.78, 5) is 32.5. The van der Waals surface area contributed by atoms with Crippen LogP contribution in [0.2, 0.25) is 0 Å². The van der Waals surface area contributed by atoms with Gasteiger partial charge in [-0.3, -0.25) is 14.5 Å². The number of para-hydroxylation sites is 1. The average molecular weight is 475 g/mol. The highest BCUT2D eigenvalue weighted by Gasteiger charge is 2.46. The first-order valence-corrected chi connectivity index (χ1v) is 11.7. The van der Waals surface area contributed by atoms with Crippen molar-refractivity contribution in [3.63, 3.8) is 0 Å². The van der Waals surface area contributed by atoms with Crippen molar-refractivity contribution in [1.29, 1.82) is 0 Å². The minimum Gasteiger partial charge on any atom is -0.503 e. The normalized spacial score (nSPS) is 16.2. The predicted octanol–water partition coefficient (Wildman–Crippen LogP) is 5.80. The summed E-state index contributed by atoms with van der Waals surface area (Å²) in [6.07, 6.45) is 1.58. The number of aromatic nitrogens is 1. The topological polar surface area (TPSA) is 92.9 Å². The van der Waals surface area contributed by atoms with Crippen molar-refractivity contribution in [2.45, 2.75) is 25.8 Å². The molecule has 1 aliphatic rings. The van der Waals surface area contributed by atoms with Crippen molar-refractivity contribution in [2.75, 3.05) is 12.0 Å². The van der Waals surface area contributed by atoms with Crippen molar-refractivity contribution in [3.8, 4) is 5.75 Å². The first-order chi connectivity index (χ1) is 16.4. The summed E-state index contributed by atoms with van der Waals surface area (Å²) >= 11 is 1.26. The number of anilines is 1. The van der Waals surface area contributed by atoms with Crippen LogP contribution in [0.3, 0.4) is 0 Å². The highest BCUT2D eigenvalue weighted by Crippen LogP contribution is 2.43. The van der Waals surface area contributed by atoms with Crippen molar-refractivity contribution in [2.24, 2.45) is 0 Å². The zero-order valence-corrected chi connectivity index (χ0v) is 19.6. The summed E-state index contributed by atoms with van der Waals surface area (Å²) < 4.78 is 11.2. The second-order valence-corrected chi connectivity index (χ2v) is 9.17. The van der Waals surface area contributed by atoms with Crippen LogP contribution < -0.4 is 9.64 Å². The molecule has 0 saturated carbocycles. The van der Waals surface area contributed by atoms with Gasteiger partial charge < -0.3 is 14.3 Å². The summed E-state index contributed by atoms with van der Waals surface area (Å²) in [6.45, 7) is 4.18. The van der Waals surface area contributed by atoms with Gasteiger partial charge >= 0.3 is 0 Å². The summed E-state index contributed by atoms with van der Waals surface area (Å²) in [5, 5.41) is 13.7. The Hall–Kier alpha value is -3.91. The van der Waals surface area contributed by atoms with Crippen LogP contribution in [0.25, 0.3) is 11.0 Å². The smallest absolute Gasteiger partial charge is 0.296 e. The van der Waals surface area contributed by atoms with Gasteiger partial charge in [0.1, 0.15) is 0 Å². The molecule has 0 aliphatic carbocycles. The molecule has 0 spiro atoms. The van der Waals surface area contributed by atoms with Crippen molar-refractivity contribution in [3.05, 3.63) is 88.3 Å². The highest BCUT2D eigenvalue weighted by atomic mass is 32.1. The third kappa shape index (κ3) is 3.47. The molecule has 8 heteroatoms. The maximum atomic E-state index is 13.7. The molecule has 1 atom stereocenters. The summed E-state index contributed by atoms with van der Waals surface area (Å²) in [7, 11) is 1.52. The molecule has 1 unspecified atom stereocenters. The molecule has 4 aromatic rings. The molecule has 2 aromatic carbocycles. The largest absolute Gasteiger partial charge is 0.503 e. The molecule has 7 nitrogen and oxygen atoms in total. The molecule has 0 saturated heterocycles. The number of rotatable bonds is 6. The lowest BCUT2D eigenvalue weighted by Crippen LogP contribution is -2.30. The molecule has 0 radical (unpaired) electrons. The Balaban J connectivity index is 1.64. The number of ketones is 1. The SMILES string of the molecule is COc1cccc2cc(C(=O)C3=C(O)C(=O)N(c4nccs4)C3c3ccc(C(C)C)cc3)oc12. The molecule has 2 aromatic heterocycles. The van der Waals surface area contributed by atoms with Crippen LogP contribution in [0.1, 0.15) is 47.5 Å². The van der Waals surface area contributed by atoms with Gasteiger partial charge in [-0.2, -0.15) is 0 Å². The zero-order chi connectivity index (χ0) is 24.0. The first kappa shape index (κ1) is 21.9. The summed E-state index contributed by atoms with van der Waals surface area (Å²) in [5.74, 6) is -1.03. The molecule has 0 fully saturated rings. The van der Waals surface area contributed by atoms with Crippen molar-refractivity contribution in [1.82, 2.24) is 4.98 Å². The van der Waals surface area contributed by atoms with Crippen molar-refractivity contribution < 1.29 is 23.8 Å². The average Bonchev–Trinajstić information content (AvgIpc) is 3.57. The van der Waals surface area contributed by atoms with Crippen LogP contribution in [0, 0.1) is 0 Å². The number of benzene rings is 2. The lowest BCUT2D eigenvalue weighted by Gasteiger charge is -2.24. The van der Waals surface area contributed by atoms with Crippen LogP contribution in [-0.2, 0) is 4.79 Å². The van der Waals surface area contributed by atoms with E-state index >= 15 is 0 Å². The van der Waals surface area contributed by atoms with Gasteiger partial charge in [0.25, 0.3) is 5.91 Å².